The number of hydrogen-bond acceptors (Lipinski definition) is 10. The van der Waals surface area contributed by atoms with E-state index in [1.807, 2.05) is 62.4 Å². The maximum Gasteiger partial charge on any atom is 0.387 e. The highest BCUT2D eigenvalue weighted by Gasteiger charge is 2.34. The van der Waals surface area contributed by atoms with Crippen molar-refractivity contribution >= 4 is 28.2 Å². The van der Waals surface area contributed by atoms with Gasteiger partial charge in [-0.1, -0.05) is 38.1 Å². The number of aromatic nitrogens is 2. The van der Waals surface area contributed by atoms with E-state index in [4.69, 9.17) is 28.3 Å². The van der Waals surface area contributed by atoms with Crippen molar-refractivity contribution in [1.82, 2.24) is 20.2 Å². The summed E-state index contributed by atoms with van der Waals surface area (Å²) in [7, 11) is 0. The largest absolute Gasteiger partial charge is 0.460 e. The van der Waals surface area contributed by atoms with Gasteiger partial charge in [-0.25, -0.2) is 9.97 Å². The highest BCUT2D eigenvalue weighted by molar-refractivity contribution is 5.86. The van der Waals surface area contributed by atoms with Crippen molar-refractivity contribution in [3.05, 3.63) is 88.5 Å². The van der Waals surface area contributed by atoms with E-state index in [1.54, 1.807) is 6.07 Å². The third-order valence-corrected chi connectivity index (χ3v) is 10.3. The van der Waals surface area contributed by atoms with Crippen LogP contribution in [-0.4, -0.2) is 53.1 Å². The van der Waals surface area contributed by atoms with Crippen LogP contribution in [0.2, 0.25) is 0 Å². The van der Waals surface area contributed by atoms with Gasteiger partial charge in [-0.05, 0) is 96.8 Å². The van der Waals surface area contributed by atoms with Crippen molar-refractivity contribution in [2.45, 2.75) is 66.3 Å². The topological polar surface area (TPSA) is 127 Å². The molecule has 12 heteroatoms. The number of likely N-dealkylation sites (tertiary alicyclic amines) is 1. The fraction of sp³-hybridized carbons (Fsp3) is 0.333. The summed E-state index contributed by atoms with van der Waals surface area (Å²) >= 11 is 0. The first-order chi connectivity index (χ1) is 26.0. The van der Waals surface area contributed by atoms with Gasteiger partial charge in [0.25, 0.3) is 0 Å². The van der Waals surface area contributed by atoms with E-state index in [1.165, 1.54) is 6.07 Å². The molecule has 2 fully saturated rings. The molecular formula is C42H39F2N5O5. The highest BCUT2D eigenvalue weighted by atomic mass is 19.3. The molecule has 0 bridgehead atoms. The molecule has 4 aromatic carbocycles. The molecule has 2 aliphatic rings. The molecule has 0 spiro atoms. The van der Waals surface area contributed by atoms with Crippen molar-refractivity contribution in [3.8, 4) is 45.9 Å². The number of alkyl halides is 2. The van der Waals surface area contributed by atoms with Gasteiger partial charge in [-0.2, -0.15) is 14.0 Å². The lowest BCUT2D eigenvalue weighted by Gasteiger charge is -2.46. The smallest absolute Gasteiger partial charge is 0.387 e. The van der Waals surface area contributed by atoms with Gasteiger partial charge in [0.05, 0.1) is 5.56 Å². The fourth-order valence-electron chi connectivity index (χ4n) is 7.80. The Balaban J connectivity index is 1.10. The molecule has 0 amide bonds. The lowest BCUT2D eigenvalue weighted by molar-refractivity contribution is -0.147. The zero-order valence-electron chi connectivity index (χ0n) is 30.5. The van der Waals surface area contributed by atoms with Crippen LogP contribution < -0.4 is 10.1 Å². The van der Waals surface area contributed by atoms with Crippen LogP contribution in [0.25, 0.3) is 56.2 Å². The predicted octanol–water partition coefficient (Wildman–Crippen LogP) is 8.70. The summed E-state index contributed by atoms with van der Waals surface area (Å²) in [5.74, 6) is 0.134. The highest BCUT2D eigenvalue weighted by Crippen LogP contribution is 2.39. The molecule has 1 atom stereocenters. The minimum Gasteiger partial charge on any atom is -0.460 e. The van der Waals surface area contributed by atoms with Crippen LogP contribution in [0, 0.1) is 30.6 Å². The Morgan fingerprint density at radius 1 is 0.981 bits per heavy atom. The molecule has 2 aliphatic heterocycles. The molecule has 10 nitrogen and oxygen atoms in total. The Bertz CT molecular complexity index is 2450. The van der Waals surface area contributed by atoms with Crippen LogP contribution in [0.5, 0.6) is 5.75 Å². The summed E-state index contributed by atoms with van der Waals surface area (Å²) in [5.41, 5.74) is 9.02. The zero-order chi connectivity index (χ0) is 37.7. The molecule has 0 unspecified atom stereocenters. The Labute approximate surface area is 310 Å². The number of fused-ring (bicyclic) bond motifs is 2. The van der Waals surface area contributed by atoms with Gasteiger partial charge in [-0.15, -0.1) is 0 Å². The number of halogens is 2. The normalized spacial score (nSPS) is 16.9. The minimum absolute atomic E-state index is 0.150. The van der Waals surface area contributed by atoms with Crippen LogP contribution in [0.3, 0.4) is 0 Å². The van der Waals surface area contributed by atoms with E-state index >= 15 is 0 Å². The quantitative estimate of drug-likeness (QED) is 0.137. The Morgan fingerprint density at radius 3 is 2.28 bits per heavy atom. The van der Waals surface area contributed by atoms with Crippen LogP contribution in [0.4, 0.5) is 8.78 Å². The Kier molecular flexibility index (Phi) is 9.16. The zero-order valence-corrected chi connectivity index (χ0v) is 30.5. The van der Waals surface area contributed by atoms with Gasteiger partial charge in [0.1, 0.15) is 35.5 Å². The number of ether oxygens (including phenoxy) is 2. The SMILES string of the molecule is Cc1c(-c2nc3cc(COC(=O)[C@H]4CCCN4)c(OC(F)F)cc3o2)cccc1-c1cccc(-c2nc3cc(CN4CC(C)(C)C4)cc(C#N)c3o2)c1C. The number of carbonyl (C=O) groups excluding carboxylic acids is 1. The van der Waals surface area contributed by atoms with Gasteiger partial charge < -0.3 is 23.6 Å². The maximum absolute atomic E-state index is 13.4. The Hall–Kier alpha value is -5.64. The molecule has 0 radical (unpaired) electrons. The lowest BCUT2D eigenvalue weighted by Crippen LogP contribution is -2.52. The van der Waals surface area contributed by atoms with Gasteiger partial charge in [0.2, 0.25) is 11.8 Å². The van der Waals surface area contributed by atoms with Crippen LogP contribution in [0.15, 0.2) is 69.5 Å². The van der Waals surface area contributed by atoms with E-state index in [0.717, 1.165) is 66.0 Å². The maximum atomic E-state index is 13.4. The molecule has 2 aromatic heterocycles. The number of hydrogen-bond donors (Lipinski definition) is 1. The summed E-state index contributed by atoms with van der Waals surface area (Å²) < 4.78 is 49.5. The number of carbonyl (C=O) groups is 1. The van der Waals surface area contributed by atoms with E-state index in [2.05, 4.69) is 30.1 Å². The van der Waals surface area contributed by atoms with Crippen molar-refractivity contribution in [3.63, 3.8) is 0 Å². The summed E-state index contributed by atoms with van der Waals surface area (Å²) in [6, 6.07) is 20.4. The average Bonchev–Trinajstić information content (AvgIpc) is 3.90. The third kappa shape index (κ3) is 6.81. The average molecular weight is 732 g/mol. The predicted molar refractivity (Wildman–Crippen MR) is 199 cm³/mol. The first kappa shape index (κ1) is 35.4. The molecule has 1 N–H and O–H groups in total. The monoisotopic (exact) mass is 731 g/mol. The minimum atomic E-state index is -3.09. The fourth-order valence-corrected chi connectivity index (χ4v) is 7.80. The molecule has 0 aliphatic carbocycles. The number of oxazole rings is 2. The van der Waals surface area contributed by atoms with Crippen molar-refractivity contribution < 1.29 is 31.9 Å². The second kappa shape index (κ2) is 14.0. The lowest BCUT2D eigenvalue weighted by atomic mass is 9.84. The van der Waals surface area contributed by atoms with E-state index in [-0.39, 0.29) is 23.5 Å². The molecule has 0 saturated carbocycles. The van der Waals surface area contributed by atoms with Gasteiger partial charge in [0, 0.05) is 42.4 Å². The first-order valence-electron chi connectivity index (χ1n) is 18.0. The van der Waals surface area contributed by atoms with Gasteiger partial charge >= 0.3 is 12.6 Å². The second-order valence-corrected chi connectivity index (χ2v) is 15.0. The number of rotatable bonds is 10. The summed E-state index contributed by atoms with van der Waals surface area (Å²) in [5, 5.41) is 13.1. The molecular weight excluding hydrogens is 692 g/mol. The van der Waals surface area contributed by atoms with E-state index < -0.39 is 18.6 Å². The van der Waals surface area contributed by atoms with E-state index in [0.29, 0.717) is 51.4 Å². The second-order valence-electron chi connectivity index (χ2n) is 15.0. The van der Waals surface area contributed by atoms with Gasteiger partial charge in [-0.3, -0.25) is 9.69 Å². The number of nitrogens with zero attached hydrogens (tertiary/aromatic N) is 4. The van der Waals surface area contributed by atoms with Gasteiger partial charge in [0.15, 0.2) is 11.2 Å². The first-order valence-corrected chi connectivity index (χ1v) is 18.0. The van der Waals surface area contributed by atoms with Crippen molar-refractivity contribution in [2.24, 2.45) is 5.41 Å². The molecule has 4 heterocycles. The Morgan fingerprint density at radius 2 is 1.65 bits per heavy atom. The van der Waals surface area contributed by atoms with Crippen molar-refractivity contribution in [1.29, 1.82) is 5.26 Å². The number of nitriles is 1. The summed E-state index contributed by atoms with van der Waals surface area (Å²) in [6.45, 7) is 8.63. The molecule has 8 rings (SSSR count). The number of benzene rings is 4. The number of nitrogens with one attached hydrogen (secondary N) is 1. The van der Waals surface area contributed by atoms with Crippen LogP contribution >= 0.6 is 0 Å². The molecule has 6 aromatic rings. The van der Waals surface area contributed by atoms with Crippen LogP contribution in [-0.2, 0) is 22.7 Å². The summed E-state index contributed by atoms with van der Waals surface area (Å²) in [6.07, 6.45) is 1.52. The molecule has 2 saturated heterocycles. The molecule has 54 heavy (non-hydrogen) atoms. The van der Waals surface area contributed by atoms with Crippen molar-refractivity contribution in [2.75, 3.05) is 19.6 Å². The molecule has 276 valence electrons. The number of esters is 1. The third-order valence-electron chi connectivity index (χ3n) is 10.3. The van der Waals surface area contributed by atoms with E-state index in [9.17, 15) is 18.8 Å². The standard InChI is InChI=1S/C42H39F2N5O5/c1-23-28(29-9-6-11-31(24(29)2)39-48-34-15-25(14-26(18-45)37(34)54-39)19-49-21-42(3,4)22-49)8-5-10-30(23)38-47-33-16-27(20-51-40(50)32-12-7-13-46-32)35(53-41(43)44)17-36(33)52-38/h5-6,8-11,14-17,32,41,46H,7,12-13,19-22H2,1-4H3/t32-/m1/s1. The summed E-state index contributed by atoms with van der Waals surface area (Å²) in [4.78, 5) is 24.5. The van der Waals surface area contributed by atoms with Crippen LogP contribution in [0.1, 0.15) is 54.5 Å².